The van der Waals surface area contributed by atoms with Crippen molar-refractivity contribution < 1.29 is 4.42 Å². The maximum absolute atomic E-state index is 6.09. The second kappa shape index (κ2) is 3.12. The third kappa shape index (κ3) is 1.12. The smallest absolute Gasteiger partial charge is 0.196 e. The summed E-state index contributed by atoms with van der Waals surface area (Å²) in [5.41, 5.74) is 7.95. The summed E-state index contributed by atoms with van der Waals surface area (Å²) < 4.78 is 7.29. The number of rotatable bonds is 1. The van der Waals surface area contributed by atoms with E-state index in [4.69, 9.17) is 10.2 Å². The minimum atomic E-state index is 0.645. The first-order valence-electron chi connectivity index (χ1n) is 4.96. The maximum Gasteiger partial charge on any atom is 0.196 e. The molecule has 0 fully saturated rings. The summed E-state index contributed by atoms with van der Waals surface area (Å²) >= 11 is 1.64. The molecular weight excluding hydrogens is 222 g/mol. The zero-order valence-electron chi connectivity index (χ0n) is 9.02. The van der Waals surface area contributed by atoms with Crippen molar-refractivity contribution in [1.29, 1.82) is 0 Å². The van der Waals surface area contributed by atoms with E-state index in [0.29, 0.717) is 11.6 Å². The number of hydrogen-bond donors (Lipinski definition) is 1. The molecule has 0 saturated heterocycles. The largest absolute Gasteiger partial charge is 0.463 e. The van der Waals surface area contributed by atoms with Gasteiger partial charge in [-0.3, -0.25) is 4.40 Å². The number of aryl methyl sites for hydroxylation is 2. The van der Waals surface area contributed by atoms with E-state index in [1.807, 2.05) is 23.5 Å². The first kappa shape index (κ1) is 9.47. The van der Waals surface area contributed by atoms with Crippen molar-refractivity contribution in [3.63, 3.8) is 0 Å². The van der Waals surface area contributed by atoms with E-state index in [1.165, 1.54) is 4.88 Å². The van der Waals surface area contributed by atoms with Gasteiger partial charge >= 0.3 is 0 Å². The van der Waals surface area contributed by atoms with Crippen molar-refractivity contribution in [2.24, 2.45) is 0 Å². The molecule has 3 aromatic rings. The third-order valence-corrected chi connectivity index (χ3v) is 3.78. The van der Waals surface area contributed by atoms with Crippen LogP contribution in [0.4, 0.5) is 5.82 Å². The van der Waals surface area contributed by atoms with E-state index in [9.17, 15) is 0 Å². The van der Waals surface area contributed by atoms with Gasteiger partial charge in [-0.2, -0.15) is 0 Å². The van der Waals surface area contributed by atoms with Crippen LogP contribution in [0.15, 0.2) is 22.8 Å². The molecule has 0 aliphatic rings. The Morgan fingerprint density at radius 3 is 2.88 bits per heavy atom. The van der Waals surface area contributed by atoms with E-state index in [1.54, 1.807) is 17.6 Å². The lowest BCUT2D eigenvalue weighted by molar-refractivity contribution is 0.581. The quantitative estimate of drug-likeness (QED) is 0.703. The summed E-state index contributed by atoms with van der Waals surface area (Å²) in [4.78, 5) is 6.65. The van der Waals surface area contributed by atoms with E-state index in [2.05, 4.69) is 11.9 Å². The summed E-state index contributed by atoms with van der Waals surface area (Å²) in [5, 5.41) is 0. The van der Waals surface area contributed by atoms with Crippen LogP contribution in [-0.2, 0) is 0 Å². The monoisotopic (exact) mass is 233 g/mol. The van der Waals surface area contributed by atoms with Crippen LogP contribution in [-0.4, -0.2) is 9.38 Å². The molecule has 0 radical (unpaired) electrons. The van der Waals surface area contributed by atoms with Crippen molar-refractivity contribution in [3.05, 3.63) is 29.0 Å². The summed E-state index contributed by atoms with van der Waals surface area (Å²) in [6.45, 7) is 4.11. The summed E-state index contributed by atoms with van der Waals surface area (Å²) in [6.07, 6.45) is 1.63. The number of nitrogens with two attached hydrogens (primary N) is 1. The van der Waals surface area contributed by atoms with Crippen molar-refractivity contribution >= 4 is 22.1 Å². The lowest BCUT2D eigenvalue weighted by Crippen LogP contribution is -1.95. The number of hydrogen-bond acceptors (Lipinski definition) is 4. The molecule has 82 valence electrons. The van der Waals surface area contributed by atoms with Gasteiger partial charge in [0.15, 0.2) is 10.7 Å². The SMILES string of the molecule is Cc1sc2nc(-c3ccco3)c(N)n2c1C. The number of furan rings is 1. The molecule has 4 nitrogen and oxygen atoms in total. The van der Waals surface area contributed by atoms with Crippen LogP contribution in [0.2, 0.25) is 0 Å². The van der Waals surface area contributed by atoms with Gasteiger partial charge in [-0.25, -0.2) is 4.98 Å². The van der Waals surface area contributed by atoms with Crippen LogP contribution < -0.4 is 5.73 Å². The van der Waals surface area contributed by atoms with Gasteiger partial charge in [-0.05, 0) is 26.0 Å². The lowest BCUT2D eigenvalue weighted by atomic mass is 10.3. The molecule has 0 atom stereocenters. The molecule has 2 N–H and O–H groups in total. The molecular formula is C11H11N3OS. The normalized spacial score (nSPS) is 11.4. The maximum atomic E-state index is 6.09. The molecule has 0 amide bonds. The number of anilines is 1. The predicted molar refractivity (Wildman–Crippen MR) is 64.7 cm³/mol. The molecule has 3 rings (SSSR count). The van der Waals surface area contributed by atoms with Crippen LogP contribution in [0.3, 0.4) is 0 Å². The van der Waals surface area contributed by atoms with Gasteiger partial charge in [0, 0.05) is 10.6 Å². The van der Waals surface area contributed by atoms with Gasteiger partial charge < -0.3 is 10.2 Å². The number of thiazole rings is 1. The fourth-order valence-corrected chi connectivity index (χ4v) is 2.74. The zero-order chi connectivity index (χ0) is 11.3. The Hall–Kier alpha value is -1.75. The van der Waals surface area contributed by atoms with Crippen LogP contribution in [0, 0.1) is 13.8 Å². The highest BCUT2D eigenvalue weighted by molar-refractivity contribution is 7.17. The van der Waals surface area contributed by atoms with Crippen LogP contribution in [0.25, 0.3) is 16.4 Å². The molecule has 0 spiro atoms. The second-order valence-electron chi connectivity index (χ2n) is 3.68. The molecule has 16 heavy (non-hydrogen) atoms. The van der Waals surface area contributed by atoms with Gasteiger partial charge in [0.25, 0.3) is 0 Å². The fourth-order valence-electron chi connectivity index (χ4n) is 1.77. The molecule has 5 heteroatoms. The fraction of sp³-hybridized carbons (Fsp3) is 0.182. The highest BCUT2D eigenvalue weighted by atomic mass is 32.1. The van der Waals surface area contributed by atoms with Crippen molar-refractivity contribution in [2.45, 2.75) is 13.8 Å². The van der Waals surface area contributed by atoms with E-state index in [0.717, 1.165) is 16.3 Å². The molecule has 0 aromatic carbocycles. The number of nitrogens with zero attached hydrogens (tertiary/aromatic N) is 2. The van der Waals surface area contributed by atoms with Gasteiger partial charge in [0.05, 0.1) is 6.26 Å². The Bertz CT molecular complexity index is 648. The minimum Gasteiger partial charge on any atom is -0.463 e. The minimum absolute atomic E-state index is 0.645. The number of imidazole rings is 1. The summed E-state index contributed by atoms with van der Waals surface area (Å²) in [7, 11) is 0. The Labute approximate surface area is 96.3 Å². The van der Waals surface area contributed by atoms with Crippen LogP contribution in [0.1, 0.15) is 10.6 Å². The molecule has 0 bridgehead atoms. The highest BCUT2D eigenvalue weighted by Crippen LogP contribution is 2.32. The third-order valence-electron chi connectivity index (χ3n) is 2.73. The molecule has 3 heterocycles. The average molecular weight is 233 g/mol. The average Bonchev–Trinajstić information content (AvgIpc) is 2.90. The van der Waals surface area contributed by atoms with Crippen molar-refractivity contribution in [1.82, 2.24) is 9.38 Å². The van der Waals surface area contributed by atoms with Gasteiger partial charge in [0.2, 0.25) is 0 Å². The molecule has 3 aromatic heterocycles. The predicted octanol–water partition coefficient (Wildman–Crippen LogP) is 2.85. The van der Waals surface area contributed by atoms with Crippen molar-refractivity contribution in [3.8, 4) is 11.5 Å². The lowest BCUT2D eigenvalue weighted by Gasteiger charge is -1.97. The number of nitrogen functional groups attached to an aromatic ring is 1. The highest BCUT2D eigenvalue weighted by Gasteiger charge is 2.17. The van der Waals surface area contributed by atoms with E-state index >= 15 is 0 Å². The van der Waals surface area contributed by atoms with Crippen molar-refractivity contribution in [2.75, 3.05) is 5.73 Å². The summed E-state index contributed by atoms with van der Waals surface area (Å²) in [6, 6.07) is 3.70. The summed E-state index contributed by atoms with van der Waals surface area (Å²) in [5.74, 6) is 1.36. The topological polar surface area (TPSA) is 56.5 Å². The van der Waals surface area contributed by atoms with E-state index in [-0.39, 0.29) is 0 Å². The number of fused-ring (bicyclic) bond motifs is 1. The Kier molecular flexibility index (Phi) is 1.85. The van der Waals surface area contributed by atoms with Gasteiger partial charge in [-0.1, -0.05) is 0 Å². The Morgan fingerprint density at radius 2 is 2.25 bits per heavy atom. The number of aromatic nitrogens is 2. The Balaban J connectivity index is 2.33. The molecule has 0 aliphatic carbocycles. The van der Waals surface area contributed by atoms with Crippen LogP contribution in [0.5, 0.6) is 0 Å². The van der Waals surface area contributed by atoms with Gasteiger partial charge in [0.1, 0.15) is 11.5 Å². The van der Waals surface area contributed by atoms with E-state index < -0.39 is 0 Å². The van der Waals surface area contributed by atoms with Gasteiger partial charge in [-0.15, -0.1) is 11.3 Å². The standard InChI is InChI=1S/C11H11N3OS/c1-6-7(2)16-11-13-9(10(12)14(6)11)8-4-3-5-15-8/h3-5H,12H2,1-2H3. The second-order valence-corrected chi connectivity index (χ2v) is 4.87. The molecule has 0 saturated carbocycles. The molecule has 0 unspecified atom stereocenters. The molecule has 0 aliphatic heterocycles. The zero-order valence-corrected chi connectivity index (χ0v) is 9.84. The van der Waals surface area contributed by atoms with Crippen LogP contribution >= 0.6 is 11.3 Å². The Morgan fingerprint density at radius 1 is 1.44 bits per heavy atom. The first-order valence-corrected chi connectivity index (χ1v) is 5.78. The first-order chi connectivity index (χ1) is 7.68.